The molecule has 1 aliphatic rings. The van der Waals surface area contributed by atoms with Gasteiger partial charge in [0.2, 0.25) is 5.91 Å². The Labute approximate surface area is 168 Å². The molecule has 3 rings (SSSR count). The average molecular weight is 426 g/mol. The summed E-state index contributed by atoms with van der Waals surface area (Å²) in [6.45, 7) is 0. The van der Waals surface area contributed by atoms with Crippen molar-refractivity contribution in [1.29, 1.82) is 0 Å². The standard InChI is InChI=1S/C18H15ClF3N5O2/c1-27-14(28)7-13(26-17(27)23)9-3-2-4-11(5-9)25-16(29)15-12(19)6-10(8-24-15)18(20,21)22/h2-6,8,13H,7H2,1H3,(H2,23,26)(H,25,29). The molecule has 1 aliphatic heterocycles. The van der Waals surface area contributed by atoms with Crippen molar-refractivity contribution in [2.24, 2.45) is 10.7 Å². The van der Waals surface area contributed by atoms with Crippen molar-refractivity contribution in [3.8, 4) is 0 Å². The molecule has 11 heteroatoms. The minimum atomic E-state index is -4.62. The van der Waals surface area contributed by atoms with Gasteiger partial charge in [-0.3, -0.25) is 14.5 Å². The van der Waals surface area contributed by atoms with E-state index in [2.05, 4.69) is 15.3 Å². The molecule has 29 heavy (non-hydrogen) atoms. The monoisotopic (exact) mass is 425 g/mol. The van der Waals surface area contributed by atoms with Crippen LogP contribution in [0.25, 0.3) is 0 Å². The predicted octanol–water partition coefficient (Wildman–Crippen LogP) is 3.22. The Morgan fingerprint density at radius 3 is 2.69 bits per heavy atom. The van der Waals surface area contributed by atoms with Crippen LogP contribution in [0.1, 0.15) is 34.1 Å². The van der Waals surface area contributed by atoms with Crippen LogP contribution in [0.4, 0.5) is 18.9 Å². The molecule has 152 valence electrons. The first-order valence-corrected chi connectivity index (χ1v) is 8.68. The van der Waals surface area contributed by atoms with E-state index in [4.69, 9.17) is 17.3 Å². The Hall–Kier alpha value is -3.14. The highest BCUT2D eigenvalue weighted by Gasteiger charge is 2.32. The number of hydrogen-bond acceptors (Lipinski definition) is 5. The van der Waals surface area contributed by atoms with E-state index in [-0.39, 0.29) is 24.0 Å². The summed E-state index contributed by atoms with van der Waals surface area (Å²) in [4.78, 5) is 33.4. The van der Waals surface area contributed by atoms with Crippen LogP contribution in [0, 0.1) is 0 Å². The average Bonchev–Trinajstić information content (AvgIpc) is 2.65. The molecular weight excluding hydrogens is 411 g/mol. The lowest BCUT2D eigenvalue weighted by atomic mass is 10.0. The Morgan fingerprint density at radius 2 is 2.07 bits per heavy atom. The van der Waals surface area contributed by atoms with Gasteiger partial charge in [-0.1, -0.05) is 23.7 Å². The third-order valence-electron chi connectivity index (χ3n) is 4.29. The summed E-state index contributed by atoms with van der Waals surface area (Å²) in [6, 6.07) is 6.66. The molecule has 2 amide bonds. The van der Waals surface area contributed by atoms with Gasteiger partial charge in [-0.25, -0.2) is 9.98 Å². The third kappa shape index (κ3) is 4.48. The van der Waals surface area contributed by atoms with Crippen molar-refractivity contribution >= 4 is 35.1 Å². The molecule has 1 aromatic heterocycles. The predicted molar refractivity (Wildman–Crippen MR) is 100 cm³/mol. The van der Waals surface area contributed by atoms with E-state index in [1.807, 2.05) is 0 Å². The molecule has 0 bridgehead atoms. The molecule has 1 aromatic carbocycles. The minimum absolute atomic E-state index is 0.0847. The number of pyridine rings is 1. The van der Waals surface area contributed by atoms with Crippen molar-refractivity contribution in [3.05, 3.63) is 58.4 Å². The zero-order valence-corrected chi connectivity index (χ0v) is 15.8. The fourth-order valence-electron chi connectivity index (χ4n) is 2.69. The van der Waals surface area contributed by atoms with Crippen LogP contribution >= 0.6 is 11.6 Å². The van der Waals surface area contributed by atoms with Gasteiger partial charge in [-0.05, 0) is 23.8 Å². The summed E-state index contributed by atoms with van der Waals surface area (Å²) in [7, 11) is 1.52. The number of hydrogen-bond donors (Lipinski definition) is 2. The number of nitrogens with zero attached hydrogens (tertiary/aromatic N) is 3. The fourth-order valence-corrected chi connectivity index (χ4v) is 2.94. The van der Waals surface area contributed by atoms with Crippen LogP contribution in [-0.4, -0.2) is 34.7 Å². The van der Waals surface area contributed by atoms with Gasteiger partial charge in [-0.2, -0.15) is 13.2 Å². The molecule has 0 saturated carbocycles. The maximum atomic E-state index is 12.7. The Morgan fingerprint density at radius 1 is 1.34 bits per heavy atom. The van der Waals surface area contributed by atoms with Crippen molar-refractivity contribution in [2.45, 2.75) is 18.6 Å². The van der Waals surface area contributed by atoms with Crippen LogP contribution in [0.15, 0.2) is 41.5 Å². The van der Waals surface area contributed by atoms with E-state index < -0.39 is 28.7 Å². The lowest BCUT2D eigenvalue weighted by Crippen LogP contribution is -2.42. The molecule has 2 heterocycles. The largest absolute Gasteiger partial charge is 0.417 e. The number of rotatable bonds is 3. The van der Waals surface area contributed by atoms with Crippen molar-refractivity contribution in [3.63, 3.8) is 0 Å². The molecule has 0 saturated heterocycles. The van der Waals surface area contributed by atoms with E-state index in [9.17, 15) is 22.8 Å². The van der Waals surface area contributed by atoms with Gasteiger partial charge in [0.05, 0.1) is 23.0 Å². The molecule has 0 spiro atoms. The van der Waals surface area contributed by atoms with Gasteiger partial charge >= 0.3 is 6.18 Å². The van der Waals surface area contributed by atoms with Gasteiger partial charge in [0.15, 0.2) is 5.96 Å². The molecule has 7 nitrogen and oxygen atoms in total. The Balaban J connectivity index is 1.81. The van der Waals surface area contributed by atoms with Crippen LogP contribution in [0.5, 0.6) is 0 Å². The van der Waals surface area contributed by atoms with Crippen LogP contribution in [0.3, 0.4) is 0 Å². The number of nitrogens with one attached hydrogen (secondary N) is 1. The highest BCUT2D eigenvalue weighted by Crippen LogP contribution is 2.31. The second kappa shape index (κ2) is 7.70. The first-order chi connectivity index (χ1) is 13.6. The SMILES string of the molecule is CN1C(=O)CC(c2cccc(NC(=O)c3ncc(C(F)(F)F)cc3Cl)c2)N=C1N. The summed E-state index contributed by atoms with van der Waals surface area (Å²) in [6.07, 6.45) is -3.96. The highest BCUT2D eigenvalue weighted by atomic mass is 35.5. The smallest absolute Gasteiger partial charge is 0.369 e. The number of nitrogens with two attached hydrogens (primary N) is 1. The fraction of sp³-hybridized carbons (Fsp3) is 0.222. The normalized spacial score (nSPS) is 17.1. The number of carbonyl (C=O) groups is 2. The number of carbonyl (C=O) groups excluding carboxylic acids is 2. The maximum absolute atomic E-state index is 12.7. The second-order valence-corrected chi connectivity index (χ2v) is 6.70. The molecule has 0 radical (unpaired) electrons. The molecule has 0 aliphatic carbocycles. The highest BCUT2D eigenvalue weighted by molar-refractivity contribution is 6.34. The van der Waals surface area contributed by atoms with Crippen molar-refractivity contribution in [1.82, 2.24) is 9.88 Å². The molecule has 0 fully saturated rings. The number of amides is 2. The molecule has 1 unspecified atom stereocenters. The molecular formula is C18H15ClF3N5O2. The van der Waals surface area contributed by atoms with Crippen LogP contribution in [0.2, 0.25) is 5.02 Å². The maximum Gasteiger partial charge on any atom is 0.417 e. The lowest BCUT2D eigenvalue weighted by Gasteiger charge is -2.25. The first kappa shape index (κ1) is 20.6. The molecule has 1 atom stereocenters. The number of benzene rings is 1. The van der Waals surface area contributed by atoms with Crippen LogP contribution < -0.4 is 11.1 Å². The number of aromatic nitrogens is 1. The van der Waals surface area contributed by atoms with Gasteiger partial charge in [0, 0.05) is 18.9 Å². The Bertz CT molecular complexity index is 1010. The van der Waals surface area contributed by atoms with Crippen molar-refractivity contribution < 1.29 is 22.8 Å². The summed E-state index contributed by atoms with van der Waals surface area (Å²) in [5, 5.41) is 2.10. The number of anilines is 1. The number of aliphatic imine (C=N–C) groups is 1. The van der Waals surface area contributed by atoms with Gasteiger partial charge < -0.3 is 11.1 Å². The second-order valence-electron chi connectivity index (χ2n) is 6.29. The Kier molecular flexibility index (Phi) is 5.47. The molecule has 3 N–H and O–H groups in total. The van der Waals surface area contributed by atoms with Crippen molar-refractivity contribution in [2.75, 3.05) is 12.4 Å². The summed E-state index contributed by atoms with van der Waals surface area (Å²) >= 11 is 5.80. The first-order valence-electron chi connectivity index (χ1n) is 8.30. The number of alkyl halides is 3. The zero-order valence-electron chi connectivity index (χ0n) is 15.0. The quantitative estimate of drug-likeness (QED) is 0.788. The van der Waals surface area contributed by atoms with E-state index in [1.165, 1.54) is 11.9 Å². The van der Waals surface area contributed by atoms with Crippen LogP contribution in [-0.2, 0) is 11.0 Å². The third-order valence-corrected chi connectivity index (χ3v) is 4.57. The van der Waals surface area contributed by atoms with E-state index >= 15 is 0 Å². The van der Waals surface area contributed by atoms with E-state index in [0.717, 1.165) is 0 Å². The molecule has 2 aromatic rings. The summed E-state index contributed by atoms with van der Waals surface area (Å²) in [5.41, 5.74) is 5.31. The van der Waals surface area contributed by atoms with Gasteiger partial charge in [0.25, 0.3) is 5.91 Å². The van der Waals surface area contributed by atoms with Gasteiger partial charge in [-0.15, -0.1) is 0 Å². The summed E-state index contributed by atoms with van der Waals surface area (Å²) in [5.74, 6) is -0.887. The van der Waals surface area contributed by atoms with E-state index in [1.54, 1.807) is 24.3 Å². The topological polar surface area (TPSA) is 101 Å². The van der Waals surface area contributed by atoms with E-state index in [0.29, 0.717) is 23.5 Å². The minimum Gasteiger partial charge on any atom is -0.369 e. The van der Waals surface area contributed by atoms with Gasteiger partial charge in [0.1, 0.15) is 5.69 Å². The zero-order chi connectivity index (χ0) is 21.3. The number of guanidine groups is 1. The lowest BCUT2D eigenvalue weighted by molar-refractivity contribution is -0.137. The number of halogens is 4. The summed E-state index contributed by atoms with van der Waals surface area (Å²) < 4.78 is 38.1.